The van der Waals surface area contributed by atoms with Crippen molar-refractivity contribution in [3.05, 3.63) is 47.5 Å². The van der Waals surface area contributed by atoms with Crippen LogP contribution in [0.4, 0.5) is 0 Å². The Morgan fingerprint density at radius 3 is 2.63 bits per heavy atom. The molecule has 98 valence electrons. The van der Waals surface area contributed by atoms with Gasteiger partial charge < -0.3 is 4.74 Å². The molecule has 19 heavy (non-hydrogen) atoms. The maximum Gasteiger partial charge on any atom is 0.156 e. The lowest BCUT2D eigenvalue weighted by atomic mass is 10.1. The molecule has 2 heterocycles. The number of hydrogen-bond donors (Lipinski definition) is 0. The van der Waals surface area contributed by atoms with Crippen molar-refractivity contribution in [1.29, 1.82) is 0 Å². The van der Waals surface area contributed by atoms with Crippen LogP contribution in [0.5, 0.6) is 0 Å². The SMILES string of the molecule is c1ccc2c(c1)CC(n1ncnc1[C@H]1CCCO1)C2. The summed E-state index contributed by atoms with van der Waals surface area (Å²) in [4.78, 5) is 4.43. The van der Waals surface area contributed by atoms with Crippen LogP contribution in [-0.4, -0.2) is 21.4 Å². The molecular formula is C15H17N3O. The molecule has 1 atom stereocenters. The van der Waals surface area contributed by atoms with Crippen LogP contribution < -0.4 is 0 Å². The fourth-order valence-electron chi connectivity index (χ4n) is 3.26. The fourth-order valence-corrected chi connectivity index (χ4v) is 3.26. The Hall–Kier alpha value is -1.68. The van der Waals surface area contributed by atoms with Crippen molar-refractivity contribution >= 4 is 0 Å². The summed E-state index contributed by atoms with van der Waals surface area (Å²) < 4.78 is 7.84. The minimum atomic E-state index is 0.145. The number of ether oxygens (including phenoxy) is 1. The van der Waals surface area contributed by atoms with Gasteiger partial charge in [0.25, 0.3) is 0 Å². The van der Waals surface area contributed by atoms with Crippen LogP contribution in [0.1, 0.15) is 41.9 Å². The Balaban J connectivity index is 1.63. The Morgan fingerprint density at radius 1 is 1.16 bits per heavy atom. The van der Waals surface area contributed by atoms with Gasteiger partial charge in [0.05, 0.1) is 6.04 Å². The number of rotatable bonds is 2. The first-order valence-electron chi connectivity index (χ1n) is 6.99. The third-order valence-electron chi connectivity index (χ3n) is 4.19. The molecule has 1 aliphatic heterocycles. The van der Waals surface area contributed by atoms with Crippen molar-refractivity contribution in [2.75, 3.05) is 6.61 Å². The molecule has 4 nitrogen and oxygen atoms in total. The van der Waals surface area contributed by atoms with E-state index in [0.717, 1.165) is 38.1 Å². The Kier molecular flexibility index (Phi) is 2.62. The van der Waals surface area contributed by atoms with Gasteiger partial charge in [-0.2, -0.15) is 5.10 Å². The second-order valence-electron chi connectivity index (χ2n) is 5.40. The van der Waals surface area contributed by atoms with E-state index in [1.807, 2.05) is 0 Å². The van der Waals surface area contributed by atoms with Gasteiger partial charge in [0.1, 0.15) is 12.4 Å². The van der Waals surface area contributed by atoms with E-state index in [9.17, 15) is 0 Å². The molecule has 0 N–H and O–H groups in total. The van der Waals surface area contributed by atoms with Gasteiger partial charge in [0, 0.05) is 6.61 Å². The zero-order valence-electron chi connectivity index (χ0n) is 10.8. The Morgan fingerprint density at radius 2 is 1.95 bits per heavy atom. The van der Waals surface area contributed by atoms with Crippen LogP contribution in [-0.2, 0) is 17.6 Å². The van der Waals surface area contributed by atoms with Crippen molar-refractivity contribution < 1.29 is 4.74 Å². The molecule has 1 saturated heterocycles. The molecule has 0 unspecified atom stereocenters. The van der Waals surface area contributed by atoms with E-state index in [1.54, 1.807) is 6.33 Å². The molecule has 2 aliphatic rings. The molecule has 0 saturated carbocycles. The summed E-state index contributed by atoms with van der Waals surface area (Å²) in [5.41, 5.74) is 2.89. The lowest BCUT2D eigenvalue weighted by molar-refractivity contribution is 0.0990. The van der Waals surface area contributed by atoms with Crippen molar-refractivity contribution in [3.8, 4) is 0 Å². The van der Waals surface area contributed by atoms with Crippen molar-refractivity contribution in [1.82, 2.24) is 14.8 Å². The predicted octanol–water partition coefficient (Wildman–Crippen LogP) is 2.47. The maximum atomic E-state index is 5.75. The Bertz CT molecular complexity index is 562. The third kappa shape index (κ3) is 1.87. The summed E-state index contributed by atoms with van der Waals surface area (Å²) in [6, 6.07) is 9.07. The second-order valence-corrected chi connectivity index (χ2v) is 5.40. The van der Waals surface area contributed by atoms with E-state index in [2.05, 4.69) is 39.0 Å². The zero-order valence-corrected chi connectivity index (χ0v) is 10.8. The van der Waals surface area contributed by atoms with Crippen LogP contribution in [0, 0.1) is 0 Å². The molecule has 0 bridgehead atoms. The van der Waals surface area contributed by atoms with Gasteiger partial charge in [-0.15, -0.1) is 0 Å². The molecule has 1 aliphatic carbocycles. The van der Waals surface area contributed by atoms with Crippen molar-refractivity contribution in [3.63, 3.8) is 0 Å². The number of nitrogens with zero attached hydrogens (tertiary/aromatic N) is 3. The van der Waals surface area contributed by atoms with Gasteiger partial charge in [-0.25, -0.2) is 9.67 Å². The first-order valence-corrected chi connectivity index (χ1v) is 6.99. The highest BCUT2D eigenvalue weighted by Crippen LogP contribution is 2.33. The molecule has 0 spiro atoms. The monoisotopic (exact) mass is 255 g/mol. The summed E-state index contributed by atoms with van der Waals surface area (Å²) in [6.45, 7) is 0.850. The van der Waals surface area contributed by atoms with Gasteiger partial charge >= 0.3 is 0 Å². The van der Waals surface area contributed by atoms with Gasteiger partial charge in [0.2, 0.25) is 0 Å². The van der Waals surface area contributed by atoms with Crippen LogP contribution in [0.15, 0.2) is 30.6 Å². The first kappa shape index (κ1) is 11.2. The van der Waals surface area contributed by atoms with Crippen LogP contribution in [0.2, 0.25) is 0 Å². The van der Waals surface area contributed by atoms with Gasteiger partial charge in [0.15, 0.2) is 5.82 Å². The summed E-state index contributed by atoms with van der Waals surface area (Å²) in [6.07, 6.45) is 6.12. The molecule has 4 rings (SSSR count). The molecule has 2 aromatic rings. The molecule has 1 fully saturated rings. The Labute approximate surface area is 112 Å². The van der Waals surface area contributed by atoms with E-state index in [0.29, 0.717) is 6.04 Å². The second kappa shape index (κ2) is 4.46. The van der Waals surface area contributed by atoms with Crippen LogP contribution in [0.25, 0.3) is 0 Å². The van der Waals surface area contributed by atoms with Gasteiger partial charge in [-0.1, -0.05) is 24.3 Å². The standard InChI is InChI=1S/C15H17N3O/c1-2-5-12-9-13(8-11(12)4-1)18-15(16-10-17-18)14-6-3-7-19-14/h1-2,4-5,10,13-14H,3,6-9H2/t14-/m1/s1. The highest BCUT2D eigenvalue weighted by Gasteiger charge is 2.29. The topological polar surface area (TPSA) is 39.9 Å². The molecule has 4 heteroatoms. The molecule has 1 aromatic heterocycles. The number of hydrogen-bond acceptors (Lipinski definition) is 3. The number of fused-ring (bicyclic) bond motifs is 1. The molecular weight excluding hydrogens is 238 g/mol. The third-order valence-corrected chi connectivity index (χ3v) is 4.19. The van der Waals surface area contributed by atoms with Gasteiger partial charge in [-0.3, -0.25) is 0 Å². The molecule has 0 amide bonds. The van der Waals surface area contributed by atoms with E-state index >= 15 is 0 Å². The smallest absolute Gasteiger partial charge is 0.156 e. The maximum absolute atomic E-state index is 5.75. The minimum absolute atomic E-state index is 0.145. The quantitative estimate of drug-likeness (QED) is 0.827. The fraction of sp³-hybridized carbons (Fsp3) is 0.467. The van der Waals surface area contributed by atoms with E-state index in [4.69, 9.17) is 4.74 Å². The van der Waals surface area contributed by atoms with Crippen LogP contribution >= 0.6 is 0 Å². The predicted molar refractivity (Wildman–Crippen MR) is 70.8 cm³/mol. The van der Waals surface area contributed by atoms with Crippen molar-refractivity contribution in [2.45, 2.75) is 37.8 Å². The highest BCUT2D eigenvalue weighted by molar-refractivity contribution is 5.32. The lowest BCUT2D eigenvalue weighted by Gasteiger charge is -2.16. The van der Waals surface area contributed by atoms with E-state index < -0.39 is 0 Å². The van der Waals surface area contributed by atoms with Gasteiger partial charge in [-0.05, 0) is 36.8 Å². The normalized spacial score (nSPS) is 22.8. The molecule has 0 radical (unpaired) electrons. The largest absolute Gasteiger partial charge is 0.370 e. The van der Waals surface area contributed by atoms with Crippen molar-refractivity contribution in [2.24, 2.45) is 0 Å². The minimum Gasteiger partial charge on any atom is -0.370 e. The summed E-state index contributed by atoms with van der Waals surface area (Å²) in [7, 11) is 0. The molecule has 1 aromatic carbocycles. The summed E-state index contributed by atoms with van der Waals surface area (Å²) in [5, 5.41) is 4.45. The van der Waals surface area contributed by atoms with Crippen LogP contribution in [0.3, 0.4) is 0 Å². The average molecular weight is 255 g/mol. The van der Waals surface area contributed by atoms with E-state index in [1.165, 1.54) is 11.1 Å². The highest BCUT2D eigenvalue weighted by atomic mass is 16.5. The average Bonchev–Trinajstić information content (AvgIpc) is 3.17. The first-order chi connectivity index (χ1) is 9.42. The summed E-state index contributed by atoms with van der Waals surface area (Å²) in [5.74, 6) is 1.01. The summed E-state index contributed by atoms with van der Waals surface area (Å²) >= 11 is 0. The van der Waals surface area contributed by atoms with E-state index in [-0.39, 0.29) is 6.10 Å². The zero-order chi connectivity index (χ0) is 12.7. The number of aromatic nitrogens is 3. The lowest BCUT2D eigenvalue weighted by Crippen LogP contribution is -2.16. The number of benzene rings is 1.